The van der Waals surface area contributed by atoms with Crippen LogP contribution in [0.25, 0.3) is 0 Å². The Hall–Kier alpha value is -2.68. The number of rotatable bonds is 7. The summed E-state index contributed by atoms with van der Waals surface area (Å²) in [5, 5.41) is 32.2. The molecule has 1 amide bonds. The van der Waals surface area contributed by atoms with Crippen LogP contribution in [0, 0.1) is 0 Å². The van der Waals surface area contributed by atoms with E-state index < -0.39 is 12.1 Å². The van der Waals surface area contributed by atoms with Gasteiger partial charge >= 0.3 is 6.09 Å². The second-order valence-corrected chi connectivity index (χ2v) is 4.96. The Balaban J connectivity index is 2.26. The van der Waals surface area contributed by atoms with Gasteiger partial charge in [0.25, 0.3) is 0 Å². The van der Waals surface area contributed by atoms with Crippen molar-refractivity contribution in [2.24, 2.45) is 0 Å². The molecule has 2 atom stereocenters. The van der Waals surface area contributed by atoms with E-state index in [9.17, 15) is 4.79 Å². The molecule has 124 valence electrons. The molecular weight excluding hydrogens is 302 g/mol. The minimum atomic E-state index is -1.17. The van der Waals surface area contributed by atoms with Crippen LogP contribution in [0.3, 0.4) is 0 Å². The Morgan fingerprint density at radius 3 is 2.65 bits per heavy atom. The lowest BCUT2D eigenvalue weighted by Crippen LogP contribution is -2.31. The van der Waals surface area contributed by atoms with Crippen LogP contribution < -0.4 is 10.1 Å². The van der Waals surface area contributed by atoms with Crippen molar-refractivity contribution in [3.8, 4) is 5.75 Å². The zero-order valence-electron chi connectivity index (χ0n) is 12.9. The second-order valence-electron chi connectivity index (χ2n) is 4.96. The molecule has 2 aromatic rings. The van der Waals surface area contributed by atoms with Gasteiger partial charge in [0.2, 0.25) is 0 Å². The number of aliphatic hydroxyl groups excluding tert-OH is 1. The van der Waals surface area contributed by atoms with Crippen LogP contribution in [-0.4, -0.2) is 50.2 Å². The van der Waals surface area contributed by atoms with Gasteiger partial charge in [0, 0.05) is 5.92 Å². The SMILES string of the molecule is COc1ccc([C@H](C)[C@H](NC(=O)O)c2nnn(CCO)n2)cc1. The Bertz CT molecular complexity index is 643. The van der Waals surface area contributed by atoms with E-state index in [1.54, 1.807) is 19.2 Å². The molecule has 0 saturated carbocycles. The summed E-state index contributed by atoms with van der Waals surface area (Å²) in [6.45, 7) is 1.94. The fourth-order valence-electron chi connectivity index (χ4n) is 2.21. The number of methoxy groups -OCH3 is 1. The molecule has 0 aliphatic heterocycles. The summed E-state index contributed by atoms with van der Waals surface area (Å²) >= 11 is 0. The fraction of sp³-hybridized carbons (Fsp3) is 0.429. The normalized spacial score (nSPS) is 13.3. The average Bonchev–Trinajstić information content (AvgIpc) is 3.00. The largest absolute Gasteiger partial charge is 0.497 e. The first-order valence-electron chi connectivity index (χ1n) is 7.07. The van der Waals surface area contributed by atoms with Crippen molar-refractivity contribution in [3.05, 3.63) is 35.7 Å². The van der Waals surface area contributed by atoms with Crippen LogP contribution in [-0.2, 0) is 6.54 Å². The maximum absolute atomic E-state index is 11.1. The van der Waals surface area contributed by atoms with Gasteiger partial charge in [-0.05, 0) is 22.9 Å². The van der Waals surface area contributed by atoms with Crippen LogP contribution >= 0.6 is 0 Å². The van der Waals surface area contributed by atoms with Gasteiger partial charge < -0.3 is 20.3 Å². The van der Waals surface area contributed by atoms with Crippen molar-refractivity contribution in [1.29, 1.82) is 0 Å². The predicted octanol–water partition coefficient (Wildman–Crippen LogP) is 0.786. The summed E-state index contributed by atoms with van der Waals surface area (Å²) < 4.78 is 5.12. The van der Waals surface area contributed by atoms with E-state index in [4.69, 9.17) is 14.9 Å². The molecule has 1 heterocycles. The summed E-state index contributed by atoms with van der Waals surface area (Å²) in [5.41, 5.74) is 0.906. The number of aliphatic hydroxyl groups is 1. The molecule has 9 nitrogen and oxygen atoms in total. The van der Waals surface area contributed by atoms with Crippen molar-refractivity contribution in [3.63, 3.8) is 0 Å². The Kier molecular flexibility index (Phi) is 5.47. The van der Waals surface area contributed by atoms with Gasteiger partial charge in [-0.3, -0.25) is 0 Å². The predicted molar refractivity (Wildman–Crippen MR) is 80.2 cm³/mol. The first-order valence-corrected chi connectivity index (χ1v) is 7.07. The third-order valence-corrected chi connectivity index (χ3v) is 3.47. The van der Waals surface area contributed by atoms with Gasteiger partial charge in [0.15, 0.2) is 5.82 Å². The van der Waals surface area contributed by atoms with Crippen LogP contribution in [0.4, 0.5) is 4.79 Å². The Morgan fingerprint density at radius 1 is 1.39 bits per heavy atom. The summed E-state index contributed by atoms with van der Waals surface area (Å²) in [7, 11) is 1.58. The van der Waals surface area contributed by atoms with Crippen LogP contribution in [0.15, 0.2) is 24.3 Å². The lowest BCUT2D eigenvalue weighted by molar-refractivity contribution is 0.187. The number of benzene rings is 1. The highest BCUT2D eigenvalue weighted by atomic mass is 16.5. The highest BCUT2D eigenvalue weighted by molar-refractivity contribution is 5.65. The molecule has 0 unspecified atom stereocenters. The molecule has 0 bridgehead atoms. The van der Waals surface area contributed by atoms with Crippen molar-refractivity contribution in [2.45, 2.75) is 25.4 Å². The number of hydrogen-bond acceptors (Lipinski definition) is 6. The van der Waals surface area contributed by atoms with Crippen LogP contribution in [0.5, 0.6) is 5.75 Å². The van der Waals surface area contributed by atoms with Gasteiger partial charge in [-0.1, -0.05) is 19.1 Å². The highest BCUT2D eigenvalue weighted by Crippen LogP contribution is 2.29. The van der Waals surface area contributed by atoms with Gasteiger partial charge in [-0.25, -0.2) is 4.79 Å². The van der Waals surface area contributed by atoms with Gasteiger partial charge in [0.05, 0.1) is 20.3 Å². The van der Waals surface area contributed by atoms with E-state index in [0.717, 1.165) is 11.3 Å². The summed E-state index contributed by atoms with van der Waals surface area (Å²) in [4.78, 5) is 12.3. The summed E-state index contributed by atoms with van der Waals surface area (Å²) in [6.07, 6.45) is -1.17. The molecule has 0 spiro atoms. The van der Waals surface area contributed by atoms with Crippen molar-refractivity contribution < 1.29 is 19.7 Å². The number of carbonyl (C=O) groups is 1. The van der Waals surface area contributed by atoms with Crippen molar-refractivity contribution in [2.75, 3.05) is 13.7 Å². The van der Waals surface area contributed by atoms with Gasteiger partial charge in [-0.15, -0.1) is 10.2 Å². The zero-order valence-corrected chi connectivity index (χ0v) is 12.9. The van der Waals surface area contributed by atoms with Crippen molar-refractivity contribution in [1.82, 2.24) is 25.5 Å². The summed E-state index contributed by atoms with van der Waals surface area (Å²) in [6, 6.07) is 6.67. The molecule has 0 fully saturated rings. The first-order chi connectivity index (χ1) is 11.0. The van der Waals surface area contributed by atoms with Gasteiger partial charge in [-0.2, -0.15) is 4.80 Å². The lowest BCUT2D eigenvalue weighted by atomic mass is 9.93. The minimum Gasteiger partial charge on any atom is -0.497 e. The standard InChI is InChI=1S/C14H19N5O4/c1-9(10-3-5-11(23-2)6-4-10)12(15-14(21)22)13-16-18-19(17-13)7-8-20/h3-6,9,12,15,20H,7-8H2,1-2H3,(H,21,22)/t9-,12-/m0/s1. The number of ether oxygens (including phenoxy) is 1. The van der Waals surface area contributed by atoms with E-state index in [1.807, 2.05) is 19.1 Å². The number of amides is 1. The number of aromatic nitrogens is 4. The smallest absolute Gasteiger partial charge is 0.405 e. The lowest BCUT2D eigenvalue weighted by Gasteiger charge is -2.21. The van der Waals surface area contributed by atoms with E-state index >= 15 is 0 Å². The molecule has 0 aliphatic carbocycles. The van der Waals surface area contributed by atoms with E-state index in [-0.39, 0.29) is 24.9 Å². The molecule has 1 aromatic heterocycles. The Morgan fingerprint density at radius 2 is 2.09 bits per heavy atom. The number of tetrazole rings is 1. The zero-order chi connectivity index (χ0) is 16.8. The highest BCUT2D eigenvalue weighted by Gasteiger charge is 2.27. The molecule has 0 saturated heterocycles. The quantitative estimate of drug-likeness (QED) is 0.689. The van der Waals surface area contributed by atoms with E-state index in [2.05, 4.69) is 20.7 Å². The molecule has 0 aliphatic rings. The molecule has 2 rings (SSSR count). The van der Waals surface area contributed by atoms with E-state index in [1.165, 1.54) is 4.80 Å². The maximum atomic E-state index is 11.1. The number of nitrogens with one attached hydrogen (secondary N) is 1. The minimum absolute atomic E-state index is 0.124. The van der Waals surface area contributed by atoms with Gasteiger partial charge in [0.1, 0.15) is 11.8 Å². The number of hydrogen-bond donors (Lipinski definition) is 3. The number of nitrogens with zero attached hydrogens (tertiary/aromatic N) is 4. The van der Waals surface area contributed by atoms with Crippen LogP contribution in [0.1, 0.15) is 30.3 Å². The van der Waals surface area contributed by atoms with Crippen LogP contribution in [0.2, 0.25) is 0 Å². The molecular formula is C14H19N5O4. The monoisotopic (exact) mass is 321 g/mol. The molecule has 23 heavy (non-hydrogen) atoms. The number of carboxylic acid groups (broad SMARTS) is 1. The third-order valence-electron chi connectivity index (χ3n) is 3.47. The molecule has 3 N–H and O–H groups in total. The fourth-order valence-corrected chi connectivity index (χ4v) is 2.21. The molecule has 0 radical (unpaired) electrons. The molecule has 9 heteroatoms. The van der Waals surface area contributed by atoms with E-state index in [0.29, 0.717) is 0 Å². The molecule has 1 aromatic carbocycles. The summed E-state index contributed by atoms with van der Waals surface area (Å²) in [5.74, 6) is 0.753. The third kappa shape index (κ3) is 4.16. The Labute approximate surface area is 132 Å². The topological polar surface area (TPSA) is 122 Å². The van der Waals surface area contributed by atoms with Crippen molar-refractivity contribution >= 4 is 6.09 Å². The average molecular weight is 321 g/mol. The maximum Gasteiger partial charge on any atom is 0.405 e. The first kappa shape index (κ1) is 16.7. The second kappa shape index (κ2) is 7.54.